The molecule has 8 nitrogen and oxygen atoms in total. The second-order valence-corrected chi connectivity index (χ2v) is 9.83. The number of likely N-dealkylation sites (tertiary alicyclic amines) is 2. The summed E-state index contributed by atoms with van der Waals surface area (Å²) < 4.78 is 35.6. The van der Waals surface area contributed by atoms with Gasteiger partial charge in [0, 0.05) is 37.2 Å². The quantitative estimate of drug-likeness (QED) is 0.483. The molecule has 3 aromatic rings. The normalized spacial score (nSPS) is 19.7. The smallest absolute Gasteiger partial charge is 0.349 e. The minimum atomic E-state index is -3.60. The molecule has 5 rings (SSSR count). The molecule has 2 saturated heterocycles. The van der Waals surface area contributed by atoms with Gasteiger partial charge in [0.15, 0.2) is 0 Å². The van der Waals surface area contributed by atoms with Crippen molar-refractivity contribution in [1.82, 2.24) is 25.0 Å². The maximum atomic E-state index is 15.1. The van der Waals surface area contributed by atoms with Gasteiger partial charge in [-0.25, -0.2) is 0 Å². The molecule has 0 saturated carbocycles. The molecule has 2 aliphatic heterocycles. The van der Waals surface area contributed by atoms with E-state index in [4.69, 9.17) is 27.6 Å². The van der Waals surface area contributed by atoms with Gasteiger partial charge in [0.25, 0.3) is 11.8 Å². The van der Waals surface area contributed by atoms with Crippen LogP contribution in [0.15, 0.2) is 34.3 Å². The zero-order valence-corrected chi connectivity index (χ0v) is 19.1. The lowest BCUT2D eigenvalue weighted by molar-refractivity contribution is -0.129. The predicted molar refractivity (Wildman–Crippen MR) is 115 cm³/mol. The molecule has 0 bridgehead atoms. The van der Waals surface area contributed by atoms with Gasteiger partial charge >= 0.3 is 5.92 Å². The maximum Gasteiger partial charge on any atom is 0.349 e. The Balaban J connectivity index is 1.44. The highest BCUT2D eigenvalue weighted by Crippen LogP contribution is 2.49. The van der Waals surface area contributed by atoms with Crippen molar-refractivity contribution in [3.63, 3.8) is 0 Å². The van der Waals surface area contributed by atoms with Crippen LogP contribution in [0, 0.1) is 5.41 Å². The summed E-state index contributed by atoms with van der Waals surface area (Å²) in [5, 5.41) is 7.63. The monoisotopic (exact) mass is 513 g/mol. The van der Waals surface area contributed by atoms with E-state index in [1.54, 1.807) is 15.3 Å². The molecule has 2 aliphatic rings. The molecule has 1 spiro atoms. The van der Waals surface area contributed by atoms with Gasteiger partial charge < -0.3 is 14.2 Å². The van der Waals surface area contributed by atoms with Crippen molar-refractivity contribution < 1.29 is 22.8 Å². The number of amides is 2. The molecule has 2 amide bonds. The van der Waals surface area contributed by atoms with Crippen molar-refractivity contribution in [2.75, 3.05) is 26.2 Å². The van der Waals surface area contributed by atoms with E-state index in [1.165, 1.54) is 23.6 Å². The van der Waals surface area contributed by atoms with Crippen molar-refractivity contribution in [3.8, 4) is 0 Å². The van der Waals surface area contributed by atoms with Gasteiger partial charge in [0.1, 0.15) is 4.88 Å². The fraction of sp³-hybridized carbons (Fsp3) is 0.350. The van der Waals surface area contributed by atoms with Gasteiger partial charge in [-0.05, 0) is 12.1 Å². The molecule has 33 heavy (non-hydrogen) atoms. The molecule has 13 heteroatoms. The number of rotatable bonds is 5. The summed E-state index contributed by atoms with van der Waals surface area (Å²) >= 11 is 12.9. The Bertz CT molecular complexity index is 1220. The SMILES string of the molecule is O=CN1CC2(C1)CN(C(=O)c1cncs1)CC2c1nnc(C(F)(F)c2ccc(Cl)c(Cl)c2)o1. The summed E-state index contributed by atoms with van der Waals surface area (Å²) in [6, 6.07) is 3.45. The van der Waals surface area contributed by atoms with Crippen LogP contribution in [0.4, 0.5) is 8.78 Å². The van der Waals surface area contributed by atoms with Gasteiger partial charge in [0.05, 0.1) is 27.7 Å². The number of carbonyl (C=O) groups is 2. The minimum Gasteiger partial charge on any atom is -0.419 e. The summed E-state index contributed by atoms with van der Waals surface area (Å²) in [6.45, 7) is 1.24. The lowest BCUT2D eigenvalue weighted by Gasteiger charge is -2.48. The zero-order valence-electron chi connectivity index (χ0n) is 16.8. The van der Waals surface area contributed by atoms with Crippen LogP contribution in [0.5, 0.6) is 0 Å². The van der Waals surface area contributed by atoms with Crippen LogP contribution < -0.4 is 0 Å². The Morgan fingerprint density at radius 2 is 2.03 bits per heavy atom. The second-order valence-electron chi connectivity index (χ2n) is 8.13. The lowest BCUT2D eigenvalue weighted by atomic mass is 9.72. The highest BCUT2D eigenvalue weighted by molar-refractivity contribution is 7.11. The van der Waals surface area contributed by atoms with E-state index in [-0.39, 0.29) is 28.4 Å². The topological polar surface area (TPSA) is 92.4 Å². The van der Waals surface area contributed by atoms with Gasteiger partial charge in [-0.3, -0.25) is 14.6 Å². The van der Waals surface area contributed by atoms with Crippen molar-refractivity contribution >= 4 is 46.9 Å². The highest BCUT2D eigenvalue weighted by atomic mass is 35.5. The molecular weight excluding hydrogens is 499 g/mol. The van der Waals surface area contributed by atoms with Gasteiger partial charge in [-0.15, -0.1) is 21.5 Å². The molecule has 0 aliphatic carbocycles. The van der Waals surface area contributed by atoms with Crippen molar-refractivity contribution in [1.29, 1.82) is 0 Å². The first-order chi connectivity index (χ1) is 15.7. The molecular formula is C20H15Cl2F2N5O3S. The first-order valence-corrected chi connectivity index (χ1v) is 11.4. The van der Waals surface area contributed by atoms with Crippen LogP contribution >= 0.6 is 34.5 Å². The maximum absolute atomic E-state index is 15.1. The lowest BCUT2D eigenvalue weighted by Crippen LogP contribution is -2.59. The summed E-state index contributed by atoms with van der Waals surface area (Å²) in [5.74, 6) is -5.21. The number of carbonyl (C=O) groups excluding carboxylic acids is 2. The summed E-state index contributed by atoms with van der Waals surface area (Å²) in [4.78, 5) is 31.6. The van der Waals surface area contributed by atoms with Crippen LogP contribution in [0.1, 0.15) is 32.9 Å². The molecule has 0 N–H and O–H groups in total. The molecule has 4 heterocycles. The molecule has 0 radical (unpaired) electrons. The van der Waals surface area contributed by atoms with Crippen molar-refractivity contribution in [3.05, 3.63) is 62.2 Å². The molecule has 2 aromatic heterocycles. The summed E-state index contributed by atoms with van der Waals surface area (Å²) in [6.07, 6.45) is 2.20. The van der Waals surface area contributed by atoms with Crippen LogP contribution in [0.3, 0.4) is 0 Å². The Morgan fingerprint density at radius 1 is 1.24 bits per heavy atom. The van der Waals surface area contributed by atoms with E-state index in [0.29, 0.717) is 30.9 Å². The zero-order chi connectivity index (χ0) is 23.4. The molecule has 1 aromatic carbocycles. The van der Waals surface area contributed by atoms with Crippen LogP contribution in [0.25, 0.3) is 0 Å². The number of alkyl halides is 2. The van der Waals surface area contributed by atoms with E-state index in [1.807, 2.05) is 0 Å². The Labute approximate surface area is 200 Å². The third-order valence-corrected chi connectivity index (χ3v) is 7.55. The van der Waals surface area contributed by atoms with Crippen molar-refractivity contribution in [2.45, 2.75) is 11.8 Å². The number of halogens is 4. The van der Waals surface area contributed by atoms with Gasteiger partial charge in [-0.1, -0.05) is 29.3 Å². The number of benzene rings is 1. The Kier molecular flexibility index (Phi) is 5.37. The Hall–Kier alpha value is -2.63. The predicted octanol–water partition coefficient (Wildman–Crippen LogP) is 3.67. The van der Waals surface area contributed by atoms with Crippen molar-refractivity contribution in [2.24, 2.45) is 5.41 Å². The standard InChI is InChI=1S/C20H15Cl2F2N5O3S/c21-13-2-1-11(3-14(13)22)20(23,24)18-27-26-16(32-18)12-5-29(17(31)15-4-25-9-33-15)8-19(12)6-28(7-19)10-30/h1-4,9-10,12H,5-8H2. The number of aromatic nitrogens is 3. The first kappa shape index (κ1) is 22.2. The molecule has 2 fully saturated rings. The first-order valence-electron chi connectivity index (χ1n) is 9.78. The third kappa shape index (κ3) is 3.68. The van der Waals surface area contributed by atoms with E-state index < -0.39 is 28.7 Å². The fourth-order valence-electron chi connectivity index (χ4n) is 4.42. The number of hydrogen-bond donors (Lipinski definition) is 0. The largest absolute Gasteiger partial charge is 0.419 e. The number of hydrogen-bond acceptors (Lipinski definition) is 7. The minimum absolute atomic E-state index is 0.00473. The molecule has 172 valence electrons. The van der Waals surface area contributed by atoms with E-state index in [2.05, 4.69) is 15.2 Å². The summed E-state index contributed by atoms with van der Waals surface area (Å²) in [7, 11) is 0. The molecule has 1 atom stereocenters. The fourth-order valence-corrected chi connectivity index (χ4v) is 5.30. The number of nitrogens with zero attached hydrogens (tertiary/aromatic N) is 5. The third-order valence-electron chi connectivity index (χ3n) is 6.05. The average molecular weight is 514 g/mol. The van der Waals surface area contributed by atoms with Crippen LogP contribution in [0.2, 0.25) is 10.0 Å². The van der Waals surface area contributed by atoms with E-state index in [9.17, 15) is 9.59 Å². The van der Waals surface area contributed by atoms with Gasteiger partial charge in [0.2, 0.25) is 12.3 Å². The second kappa shape index (κ2) is 8.00. The average Bonchev–Trinajstić information content (AvgIpc) is 3.52. The van der Waals surface area contributed by atoms with Gasteiger partial charge in [-0.2, -0.15) is 8.78 Å². The van der Waals surface area contributed by atoms with E-state index >= 15 is 8.78 Å². The molecule has 1 unspecified atom stereocenters. The van der Waals surface area contributed by atoms with Crippen LogP contribution in [-0.4, -0.2) is 63.5 Å². The summed E-state index contributed by atoms with van der Waals surface area (Å²) in [5.41, 5.74) is 0.568. The van der Waals surface area contributed by atoms with E-state index in [0.717, 1.165) is 12.1 Å². The van der Waals surface area contributed by atoms with Crippen LogP contribution in [-0.2, 0) is 10.7 Å². The Morgan fingerprint density at radius 3 is 2.70 bits per heavy atom. The number of thiazole rings is 1. The highest BCUT2D eigenvalue weighted by Gasteiger charge is 2.58.